The number of carbonyl (C=O) groups is 1. The molecule has 1 N–H and O–H groups in total. The molecular formula is C33H30N4O2. The third-order valence-corrected chi connectivity index (χ3v) is 7.49. The second kappa shape index (κ2) is 9.55. The third kappa shape index (κ3) is 4.09. The van der Waals surface area contributed by atoms with Crippen molar-refractivity contribution in [2.45, 2.75) is 33.6 Å². The van der Waals surface area contributed by atoms with Crippen LogP contribution in [-0.4, -0.2) is 30.2 Å². The molecule has 0 aliphatic rings. The SMILES string of the molecule is CCCc1nc2ccc(-c3nc4cc(C)ccc4n3C)cc2n1-c1cccc(-c2ccccc2C(=O)O)c1C. The van der Waals surface area contributed by atoms with Crippen molar-refractivity contribution in [1.29, 1.82) is 0 Å². The van der Waals surface area contributed by atoms with E-state index in [2.05, 4.69) is 79.4 Å². The molecule has 0 atom stereocenters. The number of hydrogen-bond acceptors (Lipinski definition) is 3. The molecule has 2 heterocycles. The summed E-state index contributed by atoms with van der Waals surface area (Å²) in [5, 5.41) is 9.83. The van der Waals surface area contributed by atoms with Gasteiger partial charge in [0.05, 0.1) is 33.3 Å². The summed E-state index contributed by atoms with van der Waals surface area (Å²) < 4.78 is 4.37. The summed E-state index contributed by atoms with van der Waals surface area (Å²) in [7, 11) is 2.05. The molecule has 0 aliphatic heterocycles. The fraction of sp³-hybridized carbons (Fsp3) is 0.182. The zero-order chi connectivity index (χ0) is 27.3. The number of benzene rings is 4. The molecule has 194 valence electrons. The Kier molecular flexibility index (Phi) is 6.03. The van der Waals surface area contributed by atoms with Gasteiger partial charge in [-0.25, -0.2) is 14.8 Å². The lowest BCUT2D eigenvalue weighted by atomic mass is 9.95. The molecule has 0 bridgehead atoms. The van der Waals surface area contributed by atoms with Crippen molar-refractivity contribution in [2.24, 2.45) is 7.05 Å². The van der Waals surface area contributed by atoms with E-state index in [-0.39, 0.29) is 0 Å². The Hall–Kier alpha value is -4.71. The number of aryl methyl sites for hydroxylation is 3. The highest BCUT2D eigenvalue weighted by atomic mass is 16.4. The Morgan fingerprint density at radius 1 is 0.846 bits per heavy atom. The minimum Gasteiger partial charge on any atom is -0.478 e. The second-order valence-electron chi connectivity index (χ2n) is 10.1. The van der Waals surface area contributed by atoms with Gasteiger partial charge in [0, 0.05) is 19.0 Å². The van der Waals surface area contributed by atoms with Crippen LogP contribution in [-0.2, 0) is 13.5 Å². The van der Waals surface area contributed by atoms with E-state index in [9.17, 15) is 9.90 Å². The van der Waals surface area contributed by atoms with Crippen LogP contribution >= 0.6 is 0 Å². The molecule has 6 aromatic rings. The first-order valence-electron chi connectivity index (χ1n) is 13.2. The summed E-state index contributed by atoms with van der Waals surface area (Å²) in [5.41, 5.74) is 10.1. The largest absolute Gasteiger partial charge is 0.478 e. The van der Waals surface area contributed by atoms with Gasteiger partial charge in [-0.05, 0) is 85.0 Å². The first-order valence-corrected chi connectivity index (χ1v) is 13.2. The molecule has 2 aromatic heterocycles. The van der Waals surface area contributed by atoms with E-state index in [1.165, 1.54) is 5.56 Å². The number of nitrogens with zero attached hydrogens (tertiary/aromatic N) is 4. The molecule has 6 rings (SSSR count). The van der Waals surface area contributed by atoms with Gasteiger partial charge in [0.25, 0.3) is 0 Å². The molecule has 39 heavy (non-hydrogen) atoms. The van der Waals surface area contributed by atoms with Crippen molar-refractivity contribution in [3.63, 3.8) is 0 Å². The topological polar surface area (TPSA) is 72.9 Å². The Morgan fingerprint density at radius 3 is 2.44 bits per heavy atom. The number of carboxylic acid groups (broad SMARTS) is 1. The van der Waals surface area contributed by atoms with Crippen molar-refractivity contribution in [1.82, 2.24) is 19.1 Å². The van der Waals surface area contributed by atoms with Gasteiger partial charge in [-0.3, -0.25) is 4.57 Å². The maximum Gasteiger partial charge on any atom is 0.336 e. The predicted molar refractivity (Wildman–Crippen MR) is 157 cm³/mol. The zero-order valence-corrected chi connectivity index (χ0v) is 22.6. The van der Waals surface area contributed by atoms with E-state index in [1.54, 1.807) is 12.1 Å². The first-order chi connectivity index (χ1) is 18.9. The average Bonchev–Trinajstić information content (AvgIpc) is 3.45. The van der Waals surface area contributed by atoms with E-state index in [4.69, 9.17) is 9.97 Å². The van der Waals surface area contributed by atoms with Gasteiger partial charge in [-0.2, -0.15) is 0 Å². The first kappa shape index (κ1) is 24.6. The number of hydrogen-bond donors (Lipinski definition) is 1. The Balaban J connectivity index is 1.58. The van der Waals surface area contributed by atoms with Crippen molar-refractivity contribution in [3.05, 3.63) is 101 Å². The van der Waals surface area contributed by atoms with Crippen molar-refractivity contribution < 1.29 is 9.90 Å². The molecule has 0 aliphatic carbocycles. The molecule has 4 aromatic carbocycles. The van der Waals surface area contributed by atoms with Gasteiger partial charge >= 0.3 is 5.97 Å². The Labute approximate surface area is 227 Å². The molecule has 6 heteroatoms. The highest BCUT2D eigenvalue weighted by Crippen LogP contribution is 2.34. The van der Waals surface area contributed by atoms with Crippen LogP contribution < -0.4 is 0 Å². The summed E-state index contributed by atoms with van der Waals surface area (Å²) in [6, 6.07) is 25.9. The molecule has 0 unspecified atom stereocenters. The minimum absolute atomic E-state index is 0.293. The molecule has 0 saturated carbocycles. The Bertz CT molecular complexity index is 1890. The summed E-state index contributed by atoms with van der Waals surface area (Å²) >= 11 is 0. The molecule has 0 saturated heterocycles. The lowest BCUT2D eigenvalue weighted by Crippen LogP contribution is -2.05. The van der Waals surface area contributed by atoms with Crippen LogP contribution in [0.2, 0.25) is 0 Å². The van der Waals surface area contributed by atoms with E-state index in [1.807, 2.05) is 24.3 Å². The Morgan fingerprint density at radius 2 is 1.64 bits per heavy atom. The van der Waals surface area contributed by atoms with Gasteiger partial charge < -0.3 is 9.67 Å². The number of aromatic carboxylic acids is 1. The number of carboxylic acids is 1. The molecular weight excluding hydrogens is 484 g/mol. The van der Waals surface area contributed by atoms with Crippen LogP contribution in [0.1, 0.15) is 40.7 Å². The van der Waals surface area contributed by atoms with Gasteiger partial charge in [0.1, 0.15) is 11.6 Å². The van der Waals surface area contributed by atoms with Gasteiger partial charge in [0.15, 0.2) is 0 Å². The average molecular weight is 515 g/mol. The summed E-state index contributed by atoms with van der Waals surface area (Å²) in [4.78, 5) is 22.0. The summed E-state index contributed by atoms with van der Waals surface area (Å²) in [5.74, 6) is 0.956. The van der Waals surface area contributed by atoms with Crippen molar-refractivity contribution in [2.75, 3.05) is 0 Å². The lowest BCUT2D eigenvalue weighted by molar-refractivity contribution is 0.0697. The number of imidazole rings is 2. The smallest absolute Gasteiger partial charge is 0.336 e. The second-order valence-corrected chi connectivity index (χ2v) is 10.1. The van der Waals surface area contributed by atoms with Crippen LogP contribution in [0.5, 0.6) is 0 Å². The summed E-state index contributed by atoms with van der Waals surface area (Å²) in [6.07, 6.45) is 1.78. The third-order valence-electron chi connectivity index (χ3n) is 7.49. The summed E-state index contributed by atoms with van der Waals surface area (Å²) in [6.45, 7) is 6.30. The fourth-order valence-electron chi connectivity index (χ4n) is 5.55. The van der Waals surface area contributed by atoms with Crippen LogP contribution in [0, 0.1) is 13.8 Å². The lowest BCUT2D eigenvalue weighted by Gasteiger charge is -2.17. The van der Waals surface area contributed by atoms with E-state index < -0.39 is 5.97 Å². The van der Waals surface area contributed by atoms with Gasteiger partial charge in [-0.15, -0.1) is 0 Å². The highest BCUT2D eigenvalue weighted by Gasteiger charge is 2.19. The zero-order valence-electron chi connectivity index (χ0n) is 22.6. The fourth-order valence-corrected chi connectivity index (χ4v) is 5.55. The molecule has 6 nitrogen and oxygen atoms in total. The number of aromatic nitrogens is 4. The van der Waals surface area contributed by atoms with Gasteiger partial charge in [0.2, 0.25) is 0 Å². The molecule has 0 spiro atoms. The predicted octanol–water partition coefficient (Wildman–Crippen LogP) is 7.51. The minimum atomic E-state index is -0.933. The highest BCUT2D eigenvalue weighted by molar-refractivity contribution is 5.97. The quantitative estimate of drug-likeness (QED) is 0.250. The van der Waals surface area contributed by atoms with Gasteiger partial charge in [-0.1, -0.05) is 43.3 Å². The maximum absolute atomic E-state index is 12.0. The van der Waals surface area contributed by atoms with Crippen LogP contribution in [0.4, 0.5) is 0 Å². The molecule has 0 amide bonds. The van der Waals surface area contributed by atoms with E-state index in [0.717, 1.165) is 68.9 Å². The maximum atomic E-state index is 12.0. The van der Waals surface area contributed by atoms with E-state index in [0.29, 0.717) is 11.1 Å². The van der Waals surface area contributed by atoms with Crippen LogP contribution in [0.25, 0.3) is 50.3 Å². The standard InChI is InChI=1S/C33H30N4O2/c1-5-9-31-34-26-16-15-22(32-35-27-18-20(2)14-17-29(27)36(32)4)19-30(26)37(31)28-13-8-12-23(21(28)3)24-10-6-7-11-25(24)33(38)39/h6-8,10-19H,5,9H2,1-4H3,(H,38,39). The monoisotopic (exact) mass is 514 g/mol. The van der Waals surface area contributed by atoms with Crippen molar-refractivity contribution >= 4 is 28.0 Å². The number of fused-ring (bicyclic) bond motifs is 2. The van der Waals surface area contributed by atoms with E-state index >= 15 is 0 Å². The molecule has 0 radical (unpaired) electrons. The molecule has 0 fully saturated rings. The van der Waals surface area contributed by atoms with Crippen LogP contribution in [0.3, 0.4) is 0 Å². The van der Waals surface area contributed by atoms with Crippen molar-refractivity contribution in [3.8, 4) is 28.2 Å². The normalized spacial score (nSPS) is 11.5. The number of rotatable bonds is 6. The van der Waals surface area contributed by atoms with Crippen LogP contribution in [0.15, 0.2) is 78.9 Å².